The van der Waals surface area contributed by atoms with Gasteiger partial charge in [-0.1, -0.05) is 0 Å². The summed E-state index contributed by atoms with van der Waals surface area (Å²) in [5, 5.41) is 9.55. The van der Waals surface area contributed by atoms with Crippen LogP contribution in [-0.4, -0.2) is 52.7 Å². The number of carbonyl (C=O) groups is 2. The lowest BCUT2D eigenvalue weighted by atomic mass is 10.2. The van der Waals surface area contributed by atoms with Crippen LogP contribution < -0.4 is 0 Å². The van der Waals surface area contributed by atoms with Gasteiger partial charge in [0.25, 0.3) is 5.91 Å². The zero-order valence-corrected chi connectivity index (χ0v) is 14.3. The maximum Gasteiger partial charge on any atom is 0.306 e. The molecule has 0 bridgehead atoms. The molecule has 0 radical (unpaired) electrons. The van der Waals surface area contributed by atoms with Crippen LogP contribution in [0.1, 0.15) is 27.5 Å². The Balaban J connectivity index is 1.77. The SMILES string of the molecule is Cc1ccc(-c2nc(C)c(C(=O)N3CCOC(CC(=O)O)C3)s2)o1. The minimum Gasteiger partial charge on any atom is -0.481 e. The van der Waals surface area contributed by atoms with Crippen LogP contribution in [0, 0.1) is 13.8 Å². The molecule has 2 aromatic rings. The van der Waals surface area contributed by atoms with E-state index in [4.69, 9.17) is 14.3 Å². The quantitative estimate of drug-likeness (QED) is 0.910. The van der Waals surface area contributed by atoms with E-state index in [2.05, 4.69) is 4.98 Å². The molecular weight excluding hydrogens is 332 g/mol. The second-order valence-corrected chi connectivity index (χ2v) is 6.68. The molecule has 128 valence electrons. The lowest BCUT2D eigenvalue weighted by molar-refractivity contribution is -0.141. The van der Waals surface area contributed by atoms with Crippen LogP contribution in [0.5, 0.6) is 0 Å². The third-order valence-electron chi connectivity index (χ3n) is 3.77. The van der Waals surface area contributed by atoms with E-state index in [9.17, 15) is 9.59 Å². The molecule has 1 amide bonds. The van der Waals surface area contributed by atoms with Gasteiger partial charge >= 0.3 is 5.97 Å². The second-order valence-electron chi connectivity index (χ2n) is 5.69. The van der Waals surface area contributed by atoms with Crippen molar-refractivity contribution in [2.45, 2.75) is 26.4 Å². The first kappa shape index (κ1) is 16.7. The summed E-state index contributed by atoms with van der Waals surface area (Å²) in [6.07, 6.45) is -0.580. The van der Waals surface area contributed by atoms with Crippen molar-refractivity contribution in [1.29, 1.82) is 0 Å². The average Bonchev–Trinajstić information content (AvgIpc) is 3.12. The molecule has 1 fully saturated rings. The van der Waals surface area contributed by atoms with Crippen molar-refractivity contribution < 1.29 is 23.8 Å². The van der Waals surface area contributed by atoms with Gasteiger partial charge in [-0.3, -0.25) is 9.59 Å². The Morgan fingerprint density at radius 3 is 2.88 bits per heavy atom. The summed E-state index contributed by atoms with van der Waals surface area (Å²) in [5.41, 5.74) is 0.648. The predicted molar refractivity (Wildman–Crippen MR) is 87.2 cm³/mol. The number of furan rings is 1. The van der Waals surface area contributed by atoms with Crippen LogP contribution in [0.3, 0.4) is 0 Å². The Hall–Kier alpha value is -2.19. The van der Waals surface area contributed by atoms with Gasteiger partial charge in [0, 0.05) is 13.1 Å². The van der Waals surface area contributed by atoms with Crippen molar-refractivity contribution in [1.82, 2.24) is 9.88 Å². The minimum absolute atomic E-state index is 0.109. The first-order chi connectivity index (χ1) is 11.4. The number of carbonyl (C=O) groups excluding carboxylic acids is 1. The molecule has 1 saturated heterocycles. The average molecular weight is 350 g/mol. The van der Waals surface area contributed by atoms with Crippen LogP contribution in [0.25, 0.3) is 10.8 Å². The fourth-order valence-electron chi connectivity index (χ4n) is 2.62. The molecule has 0 aliphatic carbocycles. The summed E-state index contributed by atoms with van der Waals surface area (Å²) < 4.78 is 11.0. The summed E-state index contributed by atoms with van der Waals surface area (Å²) in [5.74, 6) is 0.359. The van der Waals surface area contributed by atoms with Gasteiger partial charge in [-0.2, -0.15) is 0 Å². The van der Waals surface area contributed by atoms with E-state index in [-0.39, 0.29) is 18.9 Å². The number of amides is 1. The summed E-state index contributed by atoms with van der Waals surface area (Å²) in [7, 11) is 0. The standard InChI is InChI=1S/C16H18N2O5S/c1-9-3-4-12(23-9)15-17-10(2)14(24-15)16(21)18-5-6-22-11(8-18)7-13(19)20/h3-4,11H,5-8H2,1-2H3,(H,19,20). The Morgan fingerprint density at radius 2 is 2.21 bits per heavy atom. The van der Waals surface area contributed by atoms with Crippen molar-refractivity contribution in [3.8, 4) is 10.8 Å². The molecule has 1 aliphatic heterocycles. The fraction of sp³-hybridized carbons (Fsp3) is 0.438. The van der Waals surface area contributed by atoms with Crippen LogP contribution >= 0.6 is 11.3 Å². The number of carboxylic acids is 1. The summed E-state index contributed by atoms with van der Waals surface area (Å²) in [6.45, 7) is 4.70. The molecule has 0 aromatic carbocycles. The number of aromatic nitrogens is 1. The second kappa shape index (κ2) is 6.74. The smallest absolute Gasteiger partial charge is 0.306 e. The number of rotatable bonds is 4. The first-order valence-electron chi connectivity index (χ1n) is 7.61. The van der Waals surface area contributed by atoms with Crippen LogP contribution in [0.15, 0.2) is 16.5 Å². The third-order valence-corrected chi connectivity index (χ3v) is 4.93. The highest BCUT2D eigenvalue weighted by Gasteiger charge is 2.29. The molecule has 1 atom stereocenters. The number of ether oxygens (including phenoxy) is 1. The molecule has 1 unspecified atom stereocenters. The topological polar surface area (TPSA) is 92.9 Å². The van der Waals surface area contributed by atoms with Crippen molar-refractivity contribution in [3.05, 3.63) is 28.5 Å². The highest BCUT2D eigenvalue weighted by Crippen LogP contribution is 2.30. The zero-order chi connectivity index (χ0) is 17.3. The van der Waals surface area contributed by atoms with E-state index in [0.717, 1.165) is 5.76 Å². The number of aliphatic carboxylic acids is 1. The maximum absolute atomic E-state index is 12.8. The van der Waals surface area contributed by atoms with Crippen molar-refractivity contribution >= 4 is 23.2 Å². The largest absolute Gasteiger partial charge is 0.481 e. The van der Waals surface area contributed by atoms with Gasteiger partial charge in [-0.05, 0) is 26.0 Å². The molecule has 3 rings (SSSR count). The number of thiazole rings is 1. The maximum atomic E-state index is 12.8. The lowest BCUT2D eigenvalue weighted by Crippen LogP contribution is -2.46. The molecule has 24 heavy (non-hydrogen) atoms. The van der Waals surface area contributed by atoms with Gasteiger partial charge in [-0.25, -0.2) is 4.98 Å². The zero-order valence-electron chi connectivity index (χ0n) is 13.4. The summed E-state index contributed by atoms with van der Waals surface area (Å²) >= 11 is 1.29. The first-order valence-corrected chi connectivity index (χ1v) is 8.42. The molecule has 0 saturated carbocycles. The molecule has 1 aliphatic rings. The van der Waals surface area contributed by atoms with E-state index < -0.39 is 12.1 Å². The molecule has 8 heteroatoms. The Kier molecular flexibility index (Phi) is 4.68. The number of carboxylic acid groups (broad SMARTS) is 1. The molecule has 1 N–H and O–H groups in total. The Bertz CT molecular complexity index is 766. The monoisotopic (exact) mass is 350 g/mol. The van der Waals surface area contributed by atoms with Gasteiger partial charge in [-0.15, -0.1) is 11.3 Å². The Labute approximate surface area is 142 Å². The van der Waals surface area contributed by atoms with E-state index in [1.165, 1.54) is 11.3 Å². The number of morpholine rings is 1. The third kappa shape index (κ3) is 3.49. The van der Waals surface area contributed by atoms with Crippen molar-refractivity contribution in [3.63, 3.8) is 0 Å². The molecule has 0 spiro atoms. The van der Waals surface area contributed by atoms with Gasteiger partial charge in [0.15, 0.2) is 10.8 Å². The Morgan fingerprint density at radius 1 is 1.42 bits per heavy atom. The molecule has 7 nitrogen and oxygen atoms in total. The van der Waals surface area contributed by atoms with Crippen LogP contribution in [0.4, 0.5) is 0 Å². The van der Waals surface area contributed by atoms with Crippen molar-refractivity contribution in [2.24, 2.45) is 0 Å². The summed E-state index contributed by atoms with van der Waals surface area (Å²) in [6, 6.07) is 3.69. The lowest BCUT2D eigenvalue weighted by Gasteiger charge is -2.32. The molecule has 2 aromatic heterocycles. The van der Waals surface area contributed by atoms with Crippen molar-refractivity contribution in [2.75, 3.05) is 19.7 Å². The van der Waals surface area contributed by atoms with Crippen LogP contribution in [0.2, 0.25) is 0 Å². The van der Waals surface area contributed by atoms with Gasteiger partial charge in [0.1, 0.15) is 10.6 Å². The van der Waals surface area contributed by atoms with Gasteiger partial charge in [0.05, 0.1) is 24.8 Å². The summed E-state index contributed by atoms with van der Waals surface area (Å²) in [4.78, 5) is 30.2. The predicted octanol–water partition coefficient (Wildman–Crippen LogP) is 2.34. The van der Waals surface area contributed by atoms with Gasteiger partial charge in [0.2, 0.25) is 0 Å². The number of aryl methyl sites for hydroxylation is 2. The van der Waals surface area contributed by atoms with E-state index >= 15 is 0 Å². The van der Waals surface area contributed by atoms with E-state index in [0.29, 0.717) is 34.5 Å². The fourth-order valence-corrected chi connectivity index (χ4v) is 3.61. The minimum atomic E-state index is -0.932. The normalized spacial score (nSPS) is 17.9. The highest BCUT2D eigenvalue weighted by atomic mass is 32.1. The highest BCUT2D eigenvalue weighted by molar-refractivity contribution is 7.17. The number of hydrogen-bond acceptors (Lipinski definition) is 6. The molecular formula is C16H18N2O5S. The number of nitrogens with zero attached hydrogens (tertiary/aromatic N) is 2. The van der Waals surface area contributed by atoms with Gasteiger partial charge < -0.3 is 19.2 Å². The number of hydrogen-bond donors (Lipinski definition) is 1. The van der Waals surface area contributed by atoms with Crippen LogP contribution in [-0.2, 0) is 9.53 Å². The van der Waals surface area contributed by atoms with E-state index in [1.807, 2.05) is 19.1 Å². The molecule has 3 heterocycles. The van der Waals surface area contributed by atoms with E-state index in [1.54, 1.807) is 11.8 Å².